The van der Waals surface area contributed by atoms with Crippen molar-refractivity contribution < 1.29 is 31.1 Å². The number of halogens is 4. The molecule has 0 saturated carbocycles. The number of aliphatic hydroxyl groups excluding tert-OH is 1. The Kier molecular flexibility index (Phi) is 4.35. The molecule has 6 nitrogen and oxygen atoms in total. The van der Waals surface area contributed by atoms with E-state index in [1.54, 1.807) is 0 Å². The van der Waals surface area contributed by atoms with Crippen molar-refractivity contribution in [2.45, 2.75) is 35.0 Å². The van der Waals surface area contributed by atoms with Gasteiger partial charge < -0.3 is 5.11 Å². The molecule has 0 spiro atoms. The molecule has 0 bridgehead atoms. The Labute approximate surface area is 152 Å². The van der Waals surface area contributed by atoms with Crippen LogP contribution in [0.25, 0.3) is 0 Å². The Balaban J connectivity index is 2.17. The van der Waals surface area contributed by atoms with Crippen molar-refractivity contribution >= 4 is 17.7 Å². The molecular formula is C15H12BF4N3O3S. The second-order valence-corrected chi connectivity index (χ2v) is 8.47. The highest BCUT2D eigenvalue weighted by Crippen LogP contribution is 2.48. The second kappa shape index (κ2) is 6.07. The molecule has 1 aliphatic carbocycles. The van der Waals surface area contributed by atoms with E-state index in [0.29, 0.717) is 0 Å². The summed E-state index contributed by atoms with van der Waals surface area (Å²) in [6.07, 6.45) is -0.919. The Morgan fingerprint density at radius 3 is 2.67 bits per heavy atom. The van der Waals surface area contributed by atoms with Crippen LogP contribution in [0.3, 0.4) is 0 Å². The molecule has 0 fully saturated rings. The molecule has 1 atom stereocenters. The van der Waals surface area contributed by atoms with Crippen LogP contribution in [0, 0.1) is 11.3 Å². The predicted molar refractivity (Wildman–Crippen MR) is 86.8 cm³/mol. The summed E-state index contributed by atoms with van der Waals surface area (Å²) in [5.74, 6) is -3.70. The molecule has 0 amide bonds. The van der Waals surface area contributed by atoms with E-state index in [2.05, 4.69) is 5.10 Å². The summed E-state index contributed by atoms with van der Waals surface area (Å²) in [4.78, 5) is -1.02. The third-order valence-electron chi connectivity index (χ3n) is 4.36. The van der Waals surface area contributed by atoms with Gasteiger partial charge in [0.15, 0.2) is 0 Å². The Morgan fingerprint density at radius 2 is 2.11 bits per heavy atom. The van der Waals surface area contributed by atoms with Crippen molar-refractivity contribution in [2.24, 2.45) is 0 Å². The summed E-state index contributed by atoms with van der Waals surface area (Å²) in [6, 6.07) is 3.78. The van der Waals surface area contributed by atoms with E-state index in [4.69, 9.17) is 5.26 Å². The standard InChI is InChI=1S/C15H12BF4N3O3S/c16-15(19,20)27(25,26)11-2-1-9(7-23-6-8(4-21)5-22-23)10-3-14(17,18)13(24)12(10)11/h1-2,5-6,13,24H,3,7,16H2. The highest BCUT2D eigenvalue weighted by molar-refractivity contribution is 7.93. The highest BCUT2D eigenvalue weighted by atomic mass is 32.2. The Morgan fingerprint density at radius 1 is 1.44 bits per heavy atom. The molecule has 1 unspecified atom stereocenters. The van der Waals surface area contributed by atoms with Crippen LogP contribution in [-0.2, 0) is 22.8 Å². The number of nitrogens with zero attached hydrogens (tertiary/aromatic N) is 3. The maximum Gasteiger partial charge on any atom is 0.305 e. The lowest BCUT2D eigenvalue weighted by Crippen LogP contribution is -2.31. The van der Waals surface area contributed by atoms with Crippen LogP contribution in [0.5, 0.6) is 0 Å². The van der Waals surface area contributed by atoms with Gasteiger partial charge in [-0.15, -0.1) is 0 Å². The summed E-state index contributed by atoms with van der Waals surface area (Å²) < 4.78 is 80.8. The third-order valence-corrected chi connectivity index (χ3v) is 6.23. The summed E-state index contributed by atoms with van der Waals surface area (Å²) in [6.45, 7) is -0.102. The maximum absolute atomic E-state index is 14.1. The molecule has 3 rings (SSSR count). The average molecular weight is 401 g/mol. The van der Waals surface area contributed by atoms with Crippen LogP contribution in [0.4, 0.5) is 17.6 Å². The number of aliphatic hydroxyl groups is 1. The minimum Gasteiger partial charge on any atom is -0.382 e. The molecule has 12 heteroatoms. The molecule has 1 aromatic heterocycles. The summed E-state index contributed by atoms with van der Waals surface area (Å²) in [5, 5.41) is 18.4. The van der Waals surface area contributed by atoms with Crippen molar-refractivity contribution in [1.29, 1.82) is 5.26 Å². The van der Waals surface area contributed by atoms with E-state index in [1.165, 1.54) is 17.1 Å². The number of sulfone groups is 1. The van der Waals surface area contributed by atoms with Crippen molar-refractivity contribution in [1.82, 2.24) is 9.78 Å². The van der Waals surface area contributed by atoms with E-state index in [1.807, 2.05) is 6.07 Å². The molecular weight excluding hydrogens is 389 g/mol. The van der Waals surface area contributed by atoms with E-state index in [-0.39, 0.29) is 31.1 Å². The lowest BCUT2D eigenvalue weighted by molar-refractivity contribution is -0.0976. The zero-order valence-corrected chi connectivity index (χ0v) is 14.6. The van der Waals surface area contributed by atoms with E-state index >= 15 is 0 Å². The van der Waals surface area contributed by atoms with Gasteiger partial charge in [0.1, 0.15) is 12.2 Å². The summed E-state index contributed by atoms with van der Waals surface area (Å²) >= 11 is 0. The molecule has 1 aromatic carbocycles. The number of hydrogen-bond donors (Lipinski definition) is 1. The lowest BCUT2D eigenvalue weighted by atomic mass is 10.0. The fourth-order valence-electron chi connectivity index (χ4n) is 3.00. The normalized spacial score (nSPS) is 18.9. The minimum absolute atomic E-state index is 0.102. The quantitative estimate of drug-likeness (QED) is 0.609. The van der Waals surface area contributed by atoms with Gasteiger partial charge in [0.25, 0.3) is 5.92 Å². The first-order chi connectivity index (χ1) is 12.4. The molecule has 0 aliphatic heterocycles. The van der Waals surface area contributed by atoms with Gasteiger partial charge >= 0.3 is 5.15 Å². The zero-order chi connectivity index (χ0) is 20.2. The van der Waals surface area contributed by atoms with Crippen molar-refractivity contribution in [3.63, 3.8) is 0 Å². The topological polar surface area (TPSA) is 96.0 Å². The molecule has 0 saturated heterocycles. The van der Waals surface area contributed by atoms with Crippen LogP contribution < -0.4 is 0 Å². The second-order valence-electron chi connectivity index (χ2n) is 6.31. The Bertz CT molecular complexity index is 1060. The predicted octanol–water partition coefficient (Wildman–Crippen LogP) is 0.985. The number of aromatic nitrogens is 2. The molecule has 0 radical (unpaired) electrons. The largest absolute Gasteiger partial charge is 0.382 e. The maximum atomic E-state index is 14.1. The monoisotopic (exact) mass is 401 g/mol. The van der Waals surface area contributed by atoms with Crippen LogP contribution >= 0.6 is 0 Å². The van der Waals surface area contributed by atoms with E-state index < -0.39 is 43.9 Å². The fraction of sp³-hybridized carbons (Fsp3) is 0.333. The molecule has 142 valence electrons. The summed E-state index contributed by atoms with van der Waals surface area (Å²) in [7, 11) is -5.12. The SMILES string of the molecule is BC(F)(F)S(=O)(=O)c1ccc(Cn2cc(C#N)cn2)c2c1C(O)C(F)(F)C2. The number of benzene rings is 1. The molecule has 27 heavy (non-hydrogen) atoms. The number of rotatable bonds is 4. The van der Waals surface area contributed by atoms with Crippen molar-refractivity contribution in [2.75, 3.05) is 0 Å². The number of fused-ring (bicyclic) bond motifs is 1. The Hall–Kier alpha value is -2.39. The van der Waals surface area contributed by atoms with Gasteiger partial charge in [-0.2, -0.15) is 10.4 Å². The third kappa shape index (κ3) is 3.10. The molecule has 1 heterocycles. The molecule has 1 N–H and O–H groups in total. The van der Waals surface area contributed by atoms with Gasteiger partial charge in [-0.25, -0.2) is 26.0 Å². The zero-order valence-electron chi connectivity index (χ0n) is 13.8. The van der Waals surface area contributed by atoms with Crippen LogP contribution in [-0.4, -0.2) is 42.2 Å². The van der Waals surface area contributed by atoms with Crippen LogP contribution in [0.2, 0.25) is 0 Å². The van der Waals surface area contributed by atoms with Gasteiger partial charge in [-0.05, 0) is 17.2 Å². The van der Waals surface area contributed by atoms with Crippen LogP contribution in [0.1, 0.15) is 28.4 Å². The van der Waals surface area contributed by atoms with Gasteiger partial charge in [0, 0.05) is 18.2 Å². The van der Waals surface area contributed by atoms with Crippen molar-refractivity contribution in [3.8, 4) is 6.07 Å². The first kappa shape index (κ1) is 19.4. The molecule has 2 aromatic rings. The molecule has 1 aliphatic rings. The van der Waals surface area contributed by atoms with Gasteiger partial charge in [0.05, 0.1) is 23.2 Å². The highest BCUT2D eigenvalue weighted by Gasteiger charge is 2.52. The van der Waals surface area contributed by atoms with Gasteiger partial charge in [-0.3, -0.25) is 4.68 Å². The average Bonchev–Trinajstić information content (AvgIpc) is 3.10. The first-order valence-corrected chi connectivity index (χ1v) is 9.12. The number of nitriles is 1. The van der Waals surface area contributed by atoms with Crippen LogP contribution in [0.15, 0.2) is 29.4 Å². The summed E-state index contributed by atoms with van der Waals surface area (Å²) in [5.41, 5.74) is -0.521. The number of hydrogen-bond acceptors (Lipinski definition) is 5. The van der Waals surface area contributed by atoms with Gasteiger partial charge in [-0.1, -0.05) is 6.07 Å². The minimum atomic E-state index is -5.27. The van der Waals surface area contributed by atoms with Crippen molar-refractivity contribution in [3.05, 3.63) is 46.8 Å². The van der Waals surface area contributed by atoms with E-state index in [9.17, 15) is 31.1 Å². The lowest BCUT2D eigenvalue weighted by Gasteiger charge is -2.19. The first-order valence-electron chi connectivity index (χ1n) is 7.64. The smallest absolute Gasteiger partial charge is 0.305 e. The van der Waals surface area contributed by atoms with E-state index in [0.717, 1.165) is 12.1 Å². The number of alkyl halides is 4. The fourth-order valence-corrected chi connectivity index (χ4v) is 4.16. The van der Waals surface area contributed by atoms with Gasteiger partial charge in [0.2, 0.25) is 17.7 Å².